The van der Waals surface area contributed by atoms with Crippen LogP contribution < -0.4 is 10.2 Å². The molecule has 0 radical (unpaired) electrons. The van der Waals surface area contributed by atoms with Crippen molar-refractivity contribution in [1.82, 2.24) is 29.9 Å². The first-order chi connectivity index (χ1) is 10.9. The Morgan fingerprint density at radius 1 is 1.14 bits per heavy atom. The Balaban J connectivity index is 1.73. The quantitative estimate of drug-likeness (QED) is 0.729. The van der Waals surface area contributed by atoms with Crippen LogP contribution in [0.3, 0.4) is 0 Å². The van der Waals surface area contributed by atoms with Gasteiger partial charge in [-0.1, -0.05) is 0 Å². The maximum Gasteiger partial charge on any atom is 0.232 e. The third-order valence-corrected chi connectivity index (χ3v) is 3.38. The topological polar surface area (TPSA) is 105 Å². The van der Waals surface area contributed by atoms with Gasteiger partial charge in [0.25, 0.3) is 0 Å². The van der Waals surface area contributed by atoms with E-state index in [0.29, 0.717) is 30.6 Å². The average molecular weight is 298 g/mol. The number of anilines is 3. The van der Waals surface area contributed by atoms with Gasteiger partial charge in [-0.15, -0.1) is 0 Å². The van der Waals surface area contributed by atoms with Gasteiger partial charge in [-0.25, -0.2) is 9.97 Å². The summed E-state index contributed by atoms with van der Waals surface area (Å²) in [4.78, 5) is 26.7. The standard InChI is InChI=1S/C13H14N8O/c1-2-15-9(7-14-1)18-13-19-11-10(16-8-17-11)12(20-13)21-3-5-22-6-4-21/h1-2,7-8H,3-6H2,(H2,15,16,17,18,19,20). The molecule has 1 fully saturated rings. The van der Waals surface area contributed by atoms with E-state index in [1.54, 1.807) is 24.9 Å². The smallest absolute Gasteiger partial charge is 0.232 e. The number of hydrogen-bond acceptors (Lipinski definition) is 8. The number of aromatic nitrogens is 6. The van der Waals surface area contributed by atoms with Gasteiger partial charge in [0, 0.05) is 25.5 Å². The van der Waals surface area contributed by atoms with Crippen molar-refractivity contribution in [3.63, 3.8) is 0 Å². The van der Waals surface area contributed by atoms with Crippen molar-refractivity contribution < 1.29 is 4.74 Å². The summed E-state index contributed by atoms with van der Waals surface area (Å²) < 4.78 is 5.40. The van der Waals surface area contributed by atoms with Gasteiger partial charge in [0.05, 0.1) is 25.7 Å². The second-order valence-electron chi connectivity index (χ2n) is 4.79. The molecule has 4 rings (SSSR count). The van der Waals surface area contributed by atoms with Crippen LogP contribution in [0.4, 0.5) is 17.6 Å². The number of ether oxygens (including phenoxy) is 1. The Hall–Kier alpha value is -2.81. The minimum absolute atomic E-state index is 0.446. The van der Waals surface area contributed by atoms with Crippen LogP contribution in [0.5, 0.6) is 0 Å². The summed E-state index contributed by atoms with van der Waals surface area (Å²) in [6, 6.07) is 0. The second kappa shape index (κ2) is 5.53. The second-order valence-corrected chi connectivity index (χ2v) is 4.79. The molecular formula is C13H14N8O. The van der Waals surface area contributed by atoms with E-state index in [0.717, 1.165) is 24.4 Å². The van der Waals surface area contributed by atoms with Crippen molar-refractivity contribution in [2.45, 2.75) is 0 Å². The molecule has 0 atom stereocenters. The molecule has 3 aromatic heterocycles. The van der Waals surface area contributed by atoms with Crippen LogP contribution in [-0.2, 0) is 4.74 Å². The molecule has 0 saturated carbocycles. The van der Waals surface area contributed by atoms with Gasteiger partial charge in [-0.3, -0.25) is 4.98 Å². The number of rotatable bonds is 3. The highest BCUT2D eigenvalue weighted by atomic mass is 16.5. The molecular weight excluding hydrogens is 284 g/mol. The Bertz CT molecular complexity index is 768. The summed E-state index contributed by atoms with van der Waals surface area (Å²) in [7, 11) is 0. The Morgan fingerprint density at radius 3 is 2.86 bits per heavy atom. The first kappa shape index (κ1) is 12.9. The summed E-state index contributed by atoms with van der Waals surface area (Å²) in [5.74, 6) is 1.85. The normalized spacial score (nSPS) is 15.2. The van der Waals surface area contributed by atoms with Gasteiger partial charge in [-0.2, -0.15) is 9.97 Å². The van der Waals surface area contributed by atoms with E-state index in [1.807, 2.05) is 0 Å². The lowest BCUT2D eigenvalue weighted by atomic mass is 10.3. The lowest BCUT2D eigenvalue weighted by molar-refractivity contribution is 0.122. The van der Waals surface area contributed by atoms with Crippen LogP contribution in [0.25, 0.3) is 11.2 Å². The minimum atomic E-state index is 0.446. The van der Waals surface area contributed by atoms with E-state index in [4.69, 9.17) is 4.74 Å². The summed E-state index contributed by atoms with van der Waals surface area (Å²) >= 11 is 0. The monoisotopic (exact) mass is 298 g/mol. The Morgan fingerprint density at radius 2 is 2.05 bits per heavy atom. The van der Waals surface area contributed by atoms with Crippen LogP contribution in [-0.4, -0.2) is 56.2 Å². The highest BCUT2D eigenvalue weighted by molar-refractivity contribution is 5.84. The lowest BCUT2D eigenvalue weighted by Crippen LogP contribution is -2.37. The molecule has 112 valence electrons. The largest absolute Gasteiger partial charge is 0.378 e. The van der Waals surface area contributed by atoms with Crippen LogP contribution in [0, 0.1) is 0 Å². The predicted molar refractivity (Wildman–Crippen MR) is 80.0 cm³/mol. The average Bonchev–Trinajstić information content (AvgIpc) is 3.04. The van der Waals surface area contributed by atoms with Gasteiger partial charge in [0.2, 0.25) is 5.95 Å². The molecule has 0 amide bonds. The predicted octanol–water partition coefficient (Wildman–Crippen LogP) is 0.723. The molecule has 1 aliphatic rings. The first-order valence-corrected chi connectivity index (χ1v) is 6.97. The van der Waals surface area contributed by atoms with Gasteiger partial charge in [0.15, 0.2) is 17.3 Å². The number of nitrogens with zero attached hydrogens (tertiary/aromatic N) is 6. The molecule has 0 bridgehead atoms. The van der Waals surface area contributed by atoms with Crippen molar-refractivity contribution >= 4 is 28.7 Å². The Kier molecular flexibility index (Phi) is 3.24. The first-order valence-electron chi connectivity index (χ1n) is 6.97. The molecule has 0 unspecified atom stereocenters. The molecule has 3 aromatic rings. The summed E-state index contributed by atoms with van der Waals surface area (Å²) in [5, 5.41) is 3.06. The van der Waals surface area contributed by atoms with Crippen molar-refractivity contribution in [1.29, 1.82) is 0 Å². The van der Waals surface area contributed by atoms with Gasteiger partial charge in [0.1, 0.15) is 5.52 Å². The van der Waals surface area contributed by atoms with Crippen molar-refractivity contribution in [3.8, 4) is 0 Å². The SMILES string of the molecule is c1cnc(Nc2nc(N3CCOCC3)c3[nH]cnc3n2)cn1. The molecule has 1 aliphatic heterocycles. The zero-order valence-electron chi connectivity index (χ0n) is 11.7. The molecule has 0 aliphatic carbocycles. The van der Waals surface area contributed by atoms with Gasteiger partial charge in [-0.05, 0) is 0 Å². The van der Waals surface area contributed by atoms with Crippen LogP contribution in [0.15, 0.2) is 24.9 Å². The molecule has 2 N–H and O–H groups in total. The van der Waals surface area contributed by atoms with Gasteiger partial charge >= 0.3 is 0 Å². The number of hydrogen-bond donors (Lipinski definition) is 2. The third kappa shape index (κ3) is 2.42. The Labute approximate surface area is 125 Å². The van der Waals surface area contributed by atoms with Crippen molar-refractivity contribution in [3.05, 3.63) is 24.9 Å². The number of nitrogens with one attached hydrogen (secondary N) is 2. The van der Waals surface area contributed by atoms with Crippen LogP contribution >= 0.6 is 0 Å². The van der Waals surface area contributed by atoms with Crippen molar-refractivity contribution in [2.75, 3.05) is 36.5 Å². The molecule has 9 heteroatoms. The van der Waals surface area contributed by atoms with E-state index < -0.39 is 0 Å². The third-order valence-electron chi connectivity index (χ3n) is 3.38. The maximum absolute atomic E-state index is 5.40. The van der Waals surface area contributed by atoms with E-state index in [2.05, 4.69) is 40.1 Å². The van der Waals surface area contributed by atoms with Gasteiger partial charge < -0.3 is 19.9 Å². The summed E-state index contributed by atoms with van der Waals surface area (Å²) in [6.45, 7) is 2.95. The number of fused-ring (bicyclic) bond motifs is 1. The summed E-state index contributed by atoms with van der Waals surface area (Å²) in [6.07, 6.45) is 6.46. The minimum Gasteiger partial charge on any atom is -0.378 e. The fourth-order valence-corrected chi connectivity index (χ4v) is 2.36. The number of imidazole rings is 1. The molecule has 9 nitrogen and oxygen atoms in total. The van der Waals surface area contributed by atoms with E-state index >= 15 is 0 Å². The molecule has 22 heavy (non-hydrogen) atoms. The van der Waals surface area contributed by atoms with E-state index in [-0.39, 0.29) is 0 Å². The number of aromatic amines is 1. The molecule has 0 spiro atoms. The maximum atomic E-state index is 5.40. The number of morpholine rings is 1. The van der Waals surface area contributed by atoms with E-state index in [1.165, 1.54) is 0 Å². The highest BCUT2D eigenvalue weighted by Gasteiger charge is 2.18. The lowest BCUT2D eigenvalue weighted by Gasteiger charge is -2.28. The fraction of sp³-hybridized carbons (Fsp3) is 0.308. The number of H-pyrrole nitrogens is 1. The van der Waals surface area contributed by atoms with Crippen LogP contribution in [0.2, 0.25) is 0 Å². The fourth-order valence-electron chi connectivity index (χ4n) is 2.36. The van der Waals surface area contributed by atoms with E-state index in [9.17, 15) is 0 Å². The molecule has 0 aromatic carbocycles. The summed E-state index contributed by atoms with van der Waals surface area (Å²) in [5.41, 5.74) is 1.44. The molecule has 1 saturated heterocycles. The highest BCUT2D eigenvalue weighted by Crippen LogP contribution is 2.24. The van der Waals surface area contributed by atoms with Crippen LogP contribution in [0.1, 0.15) is 0 Å². The van der Waals surface area contributed by atoms with Crippen molar-refractivity contribution in [2.24, 2.45) is 0 Å². The zero-order chi connectivity index (χ0) is 14.8. The molecule has 4 heterocycles. The zero-order valence-corrected chi connectivity index (χ0v) is 11.7.